The maximum Gasteiger partial charge on any atom is 0.262 e. The maximum absolute atomic E-state index is 13.0. The van der Waals surface area contributed by atoms with E-state index in [0.29, 0.717) is 22.6 Å². The van der Waals surface area contributed by atoms with Gasteiger partial charge in [0.25, 0.3) is 5.56 Å². The highest BCUT2D eigenvalue weighted by Crippen LogP contribution is 2.21. The Morgan fingerprint density at radius 2 is 1.96 bits per heavy atom. The number of para-hydroxylation sites is 2. The lowest BCUT2D eigenvalue weighted by Gasteiger charge is -2.16. The summed E-state index contributed by atoms with van der Waals surface area (Å²) in [4.78, 5) is 30.0. The Morgan fingerprint density at radius 1 is 1.18 bits per heavy atom. The molecule has 6 nitrogen and oxygen atoms in total. The molecule has 4 rings (SSSR count). The zero-order chi connectivity index (χ0) is 19.3. The first-order valence-electron chi connectivity index (χ1n) is 9.29. The number of hydrogen-bond donors (Lipinski definition) is 1. The number of carbonyl (C=O) groups excluding carboxylic acids is 1. The summed E-state index contributed by atoms with van der Waals surface area (Å²) in [6.07, 6.45) is 1.94. The molecule has 0 radical (unpaired) electrons. The number of carbonyl (C=O) groups is 1. The molecule has 0 unspecified atom stereocenters. The van der Waals surface area contributed by atoms with Gasteiger partial charge < -0.3 is 10.1 Å². The number of ether oxygens (including phenoxy) is 1. The summed E-state index contributed by atoms with van der Waals surface area (Å²) in [6, 6.07) is 16.6. The molecule has 1 atom stereocenters. The van der Waals surface area contributed by atoms with E-state index in [-0.39, 0.29) is 23.3 Å². The van der Waals surface area contributed by atoms with Crippen molar-refractivity contribution in [1.82, 2.24) is 9.55 Å². The second-order valence-electron chi connectivity index (χ2n) is 6.67. The molecule has 1 amide bonds. The molecular weight excluding hydrogens is 374 g/mol. The number of thioether (sulfide) groups is 1. The highest BCUT2D eigenvalue weighted by atomic mass is 32.2. The number of nitrogens with zero attached hydrogens (tertiary/aromatic N) is 2. The van der Waals surface area contributed by atoms with Crippen molar-refractivity contribution in [3.63, 3.8) is 0 Å². The lowest BCUT2D eigenvalue weighted by atomic mass is 10.2. The highest BCUT2D eigenvalue weighted by Gasteiger charge is 2.20. The van der Waals surface area contributed by atoms with Crippen molar-refractivity contribution < 1.29 is 9.53 Å². The van der Waals surface area contributed by atoms with Crippen LogP contribution in [0.5, 0.6) is 0 Å². The highest BCUT2D eigenvalue weighted by molar-refractivity contribution is 7.99. The third-order valence-electron chi connectivity index (χ3n) is 4.63. The molecule has 1 fully saturated rings. The van der Waals surface area contributed by atoms with E-state index in [1.807, 2.05) is 48.5 Å². The van der Waals surface area contributed by atoms with Gasteiger partial charge in [0, 0.05) is 12.3 Å². The SMILES string of the molecule is O=C(CSc1nc2ccccc2c(=O)n1C[C@@H]1CCCO1)Nc1ccccc1. The number of hydrogen-bond acceptors (Lipinski definition) is 5. The van der Waals surface area contributed by atoms with Crippen LogP contribution in [0.4, 0.5) is 5.69 Å². The molecule has 7 heteroatoms. The Bertz CT molecular complexity index is 1030. The van der Waals surface area contributed by atoms with Gasteiger partial charge in [-0.2, -0.15) is 0 Å². The van der Waals surface area contributed by atoms with Crippen molar-refractivity contribution in [2.75, 3.05) is 17.7 Å². The maximum atomic E-state index is 13.0. The van der Waals surface area contributed by atoms with E-state index in [2.05, 4.69) is 10.3 Å². The van der Waals surface area contributed by atoms with Crippen molar-refractivity contribution in [3.05, 3.63) is 65.0 Å². The molecule has 0 spiro atoms. The molecule has 1 saturated heterocycles. The van der Waals surface area contributed by atoms with Crippen LogP contribution < -0.4 is 10.9 Å². The third kappa shape index (κ3) is 4.26. The van der Waals surface area contributed by atoms with Gasteiger partial charge in [0.15, 0.2) is 5.16 Å². The molecule has 0 saturated carbocycles. The van der Waals surface area contributed by atoms with E-state index < -0.39 is 0 Å². The Morgan fingerprint density at radius 3 is 2.75 bits per heavy atom. The van der Waals surface area contributed by atoms with Gasteiger partial charge in [-0.1, -0.05) is 42.1 Å². The first kappa shape index (κ1) is 18.7. The second-order valence-corrected chi connectivity index (χ2v) is 7.61. The van der Waals surface area contributed by atoms with Gasteiger partial charge in [0.2, 0.25) is 5.91 Å². The number of aromatic nitrogens is 2. The van der Waals surface area contributed by atoms with Crippen molar-refractivity contribution in [2.24, 2.45) is 0 Å². The van der Waals surface area contributed by atoms with E-state index >= 15 is 0 Å². The van der Waals surface area contributed by atoms with Crippen molar-refractivity contribution in [2.45, 2.75) is 30.6 Å². The number of rotatable bonds is 6. The van der Waals surface area contributed by atoms with Crippen molar-refractivity contribution in [3.8, 4) is 0 Å². The molecule has 1 aliphatic rings. The van der Waals surface area contributed by atoms with E-state index in [0.717, 1.165) is 25.1 Å². The van der Waals surface area contributed by atoms with Crippen LogP contribution in [0.3, 0.4) is 0 Å². The molecule has 2 heterocycles. The lowest BCUT2D eigenvalue weighted by molar-refractivity contribution is -0.113. The monoisotopic (exact) mass is 395 g/mol. The van der Waals surface area contributed by atoms with Crippen molar-refractivity contribution in [1.29, 1.82) is 0 Å². The average Bonchev–Trinajstić information content (AvgIpc) is 3.23. The molecule has 144 valence electrons. The summed E-state index contributed by atoms with van der Waals surface area (Å²) < 4.78 is 7.36. The van der Waals surface area contributed by atoms with E-state index in [1.54, 1.807) is 10.6 Å². The van der Waals surface area contributed by atoms with Crippen LogP contribution in [0.1, 0.15) is 12.8 Å². The van der Waals surface area contributed by atoms with Gasteiger partial charge in [-0.3, -0.25) is 14.2 Å². The zero-order valence-corrected chi connectivity index (χ0v) is 16.2. The molecule has 0 aliphatic carbocycles. The van der Waals surface area contributed by atoms with Crippen LogP contribution in [-0.4, -0.2) is 33.9 Å². The van der Waals surface area contributed by atoms with Crippen molar-refractivity contribution >= 4 is 34.3 Å². The van der Waals surface area contributed by atoms with E-state index in [9.17, 15) is 9.59 Å². The predicted molar refractivity (Wildman–Crippen MR) is 111 cm³/mol. The minimum absolute atomic E-state index is 0.0122. The number of nitrogens with one attached hydrogen (secondary N) is 1. The van der Waals surface area contributed by atoms with Crippen LogP contribution in [0.2, 0.25) is 0 Å². The van der Waals surface area contributed by atoms with E-state index in [4.69, 9.17) is 4.74 Å². The first-order valence-corrected chi connectivity index (χ1v) is 10.3. The molecular formula is C21H21N3O3S. The smallest absolute Gasteiger partial charge is 0.262 e. The molecule has 1 aliphatic heterocycles. The van der Waals surface area contributed by atoms with Crippen LogP contribution in [-0.2, 0) is 16.1 Å². The number of fused-ring (bicyclic) bond motifs is 1. The fraction of sp³-hybridized carbons (Fsp3) is 0.286. The lowest BCUT2D eigenvalue weighted by Crippen LogP contribution is -2.29. The Balaban J connectivity index is 1.57. The summed E-state index contributed by atoms with van der Waals surface area (Å²) in [5, 5.41) is 3.98. The summed E-state index contributed by atoms with van der Waals surface area (Å²) >= 11 is 1.27. The molecule has 3 aromatic rings. The van der Waals surface area contributed by atoms with Crippen LogP contribution in [0.25, 0.3) is 10.9 Å². The third-order valence-corrected chi connectivity index (χ3v) is 5.60. The van der Waals surface area contributed by atoms with Gasteiger partial charge in [-0.05, 0) is 37.1 Å². The minimum Gasteiger partial charge on any atom is -0.376 e. The molecule has 28 heavy (non-hydrogen) atoms. The Kier molecular flexibility index (Phi) is 5.73. The summed E-state index contributed by atoms with van der Waals surface area (Å²) in [6.45, 7) is 1.18. The fourth-order valence-electron chi connectivity index (χ4n) is 3.26. The normalized spacial score (nSPS) is 16.4. The van der Waals surface area contributed by atoms with Crippen LogP contribution >= 0.6 is 11.8 Å². The van der Waals surface area contributed by atoms with Crippen LogP contribution in [0.15, 0.2) is 64.5 Å². The molecule has 2 aromatic carbocycles. The predicted octanol–water partition coefficient (Wildman–Crippen LogP) is 3.31. The summed E-state index contributed by atoms with van der Waals surface area (Å²) in [5.41, 5.74) is 1.30. The number of benzene rings is 2. The minimum atomic E-state index is -0.137. The molecule has 1 N–H and O–H groups in total. The van der Waals surface area contributed by atoms with E-state index in [1.165, 1.54) is 11.8 Å². The first-order chi connectivity index (χ1) is 13.7. The second kappa shape index (κ2) is 8.58. The summed E-state index contributed by atoms with van der Waals surface area (Å²) in [7, 11) is 0. The van der Waals surface area contributed by atoms with Gasteiger partial charge >= 0.3 is 0 Å². The number of anilines is 1. The molecule has 1 aromatic heterocycles. The Labute approximate surface area is 166 Å². The summed E-state index contributed by atoms with van der Waals surface area (Å²) in [5.74, 6) is 0.0350. The topological polar surface area (TPSA) is 73.2 Å². The Hall–Kier alpha value is -2.64. The fourth-order valence-corrected chi connectivity index (χ4v) is 4.07. The zero-order valence-electron chi connectivity index (χ0n) is 15.3. The largest absolute Gasteiger partial charge is 0.376 e. The standard InChI is InChI=1S/C21H21N3O3S/c25-19(22-15-7-2-1-3-8-15)14-28-21-23-18-11-5-4-10-17(18)20(26)24(21)13-16-9-6-12-27-16/h1-5,7-8,10-11,16H,6,9,12-14H2,(H,22,25)/t16-/m0/s1. The van der Waals surface area contributed by atoms with Gasteiger partial charge in [0.05, 0.1) is 29.3 Å². The number of amides is 1. The average molecular weight is 395 g/mol. The quantitative estimate of drug-likeness (QED) is 0.512. The molecule has 0 bridgehead atoms. The van der Waals surface area contributed by atoms with Gasteiger partial charge in [-0.25, -0.2) is 4.98 Å². The van der Waals surface area contributed by atoms with Crippen LogP contribution in [0, 0.1) is 0 Å². The van der Waals surface area contributed by atoms with Gasteiger partial charge in [0.1, 0.15) is 0 Å². The van der Waals surface area contributed by atoms with Gasteiger partial charge in [-0.15, -0.1) is 0 Å².